The Labute approximate surface area is 334 Å². The van der Waals surface area contributed by atoms with Gasteiger partial charge in [0.25, 0.3) is 0 Å². The van der Waals surface area contributed by atoms with Crippen molar-refractivity contribution in [1.29, 1.82) is 0 Å². The van der Waals surface area contributed by atoms with E-state index in [0.29, 0.717) is 11.8 Å². The van der Waals surface area contributed by atoms with Crippen LogP contribution in [-0.4, -0.2) is 7.85 Å². The summed E-state index contributed by atoms with van der Waals surface area (Å²) < 4.78 is 0. The van der Waals surface area contributed by atoms with Gasteiger partial charge < -0.3 is 0 Å². The van der Waals surface area contributed by atoms with Gasteiger partial charge in [-0.1, -0.05) is 116 Å². The highest BCUT2D eigenvalue weighted by molar-refractivity contribution is 6.32. The van der Waals surface area contributed by atoms with Gasteiger partial charge in [-0.3, -0.25) is 0 Å². The Balaban J connectivity index is 0.000000371. The van der Waals surface area contributed by atoms with Gasteiger partial charge >= 0.3 is 0 Å². The maximum absolute atomic E-state index is 5.63. The highest BCUT2D eigenvalue weighted by Gasteiger charge is 2.31. The first kappa shape index (κ1) is 40.1. The second-order valence-corrected chi connectivity index (χ2v) is 16.7. The largest absolute Gasteiger partial charge is 0.113 e. The number of hydrogen-bond acceptors (Lipinski definition) is 0. The molecule has 2 unspecified atom stereocenters. The van der Waals surface area contributed by atoms with E-state index in [4.69, 9.17) is 7.85 Å². The number of benzene rings is 5. The third-order valence-corrected chi connectivity index (χ3v) is 12.2. The maximum Gasteiger partial charge on any atom is 0.113 e. The van der Waals surface area contributed by atoms with Crippen LogP contribution < -0.4 is 5.46 Å². The molecule has 0 bridgehead atoms. The van der Waals surface area contributed by atoms with Crippen LogP contribution in [0, 0.1) is 68.2 Å². The third kappa shape index (κ3) is 7.40. The molecule has 0 heterocycles. The fourth-order valence-corrected chi connectivity index (χ4v) is 10.1. The van der Waals surface area contributed by atoms with Crippen LogP contribution in [0.4, 0.5) is 0 Å². The number of aryl methyl sites for hydroxylation is 8. The van der Waals surface area contributed by atoms with E-state index in [9.17, 15) is 0 Å². The minimum Gasteiger partial charge on any atom is -0.0961 e. The molecule has 0 saturated carbocycles. The van der Waals surface area contributed by atoms with Crippen LogP contribution in [0.2, 0.25) is 0 Å². The summed E-state index contributed by atoms with van der Waals surface area (Å²) in [5.41, 5.74) is 28.6. The monoisotopic (exact) mass is 720 g/mol. The van der Waals surface area contributed by atoms with Crippen molar-refractivity contribution in [2.75, 3.05) is 0 Å². The second kappa shape index (κ2) is 15.9. The van der Waals surface area contributed by atoms with Crippen LogP contribution in [0.3, 0.4) is 0 Å². The maximum atomic E-state index is 5.63. The van der Waals surface area contributed by atoms with Gasteiger partial charge in [-0.25, -0.2) is 0 Å². The quantitative estimate of drug-likeness (QED) is 0.163. The number of hydrogen-bond donors (Lipinski definition) is 0. The third-order valence-electron chi connectivity index (χ3n) is 12.2. The summed E-state index contributed by atoms with van der Waals surface area (Å²) in [6, 6.07) is 20.8. The van der Waals surface area contributed by atoms with E-state index < -0.39 is 0 Å². The van der Waals surface area contributed by atoms with Crippen molar-refractivity contribution in [3.63, 3.8) is 0 Å². The first-order valence-corrected chi connectivity index (χ1v) is 20.6. The van der Waals surface area contributed by atoms with Crippen LogP contribution >= 0.6 is 0 Å². The molecule has 3 aliphatic rings. The van der Waals surface area contributed by atoms with Gasteiger partial charge in [-0.15, -0.1) is 0 Å². The van der Waals surface area contributed by atoms with Crippen molar-refractivity contribution in [1.82, 2.24) is 0 Å². The molecule has 280 valence electrons. The fourth-order valence-electron chi connectivity index (χ4n) is 10.1. The molecule has 3 aliphatic carbocycles. The molecule has 5 aromatic carbocycles. The lowest BCUT2D eigenvalue weighted by Crippen LogP contribution is -2.14. The van der Waals surface area contributed by atoms with Crippen molar-refractivity contribution >= 4 is 35.7 Å². The van der Waals surface area contributed by atoms with E-state index in [1.165, 1.54) is 122 Å². The Morgan fingerprint density at radius 2 is 1.16 bits per heavy atom. The van der Waals surface area contributed by atoms with E-state index >= 15 is 0 Å². The van der Waals surface area contributed by atoms with Crippen LogP contribution in [0.25, 0.3) is 44.7 Å². The van der Waals surface area contributed by atoms with Crippen molar-refractivity contribution in [2.24, 2.45) is 5.92 Å². The second-order valence-electron chi connectivity index (χ2n) is 16.7. The molecule has 0 aliphatic heterocycles. The normalized spacial score (nSPS) is 16.9. The van der Waals surface area contributed by atoms with E-state index in [1.54, 1.807) is 0 Å². The predicted octanol–water partition coefficient (Wildman–Crippen LogP) is 14.7. The Bertz CT molecular complexity index is 2400. The Morgan fingerprint density at radius 3 is 1.71 bits per heavy atom. The van der Waals surface area contributed by atoms with E-state index in [-0.39, 0.29) is 0 Å². The molecule has 5 aromatic rings. The lowest BCUT2D eigenvalue weighted by molar-refractivity contribution is 0.694. The van der Waals surface area contributed by atoms with Crippen molar-refractivity contribution in [3.8, 4) is 22.3 Å². The van der Waals surface area contributed by atoms with E-state index in [1.807, 2.05) is 26.0 Å². The Morgan fingerprint density at radius 1 is 0.618 bits per heavy atom. The van der Waals surface area contributed by atoms with Gasteiger partial charge in [-0.2, -0.15) is 0 Å². The van der Waals surface area contributed by atoms with Crippen molar-refractivity contribution in [2.45, 2.75) is 116 Å². The highest BCUT2D eigenvalue weighted by Crippen LogP contribution is 2.52. The van der Waals surface area contributed by atoms with Crippen LogP contribution in [0.15, 0.2) is 89.5 Å². The standard InChI is InChI=1S/C43H44.C9H11B.C2H6/c1-23-16-26(4)39(27(5)17-23)33-12-10-32-11-13-35-37(40-28(6)18-24(2)19-29(40)7)22-38(36-15-14-34(33)42(32)43(35)36)41-30(8)20-25(3)21-31(41)9;1-6-4-9(10)5-7(2)8(6)3;1-2/h11-16,18-23,32H,10,17H2,1-9H3;4-5H,1-3H3;1-2H3. The van der Waals surface area contributed by atoms with Gasteiger partial charge in [0.1, 0.15) is 7.85 Å². The van der Waals surface area contributed by atoms with Crippen LogP contribution in [0.5, 0.6) is 0 Å². The number of allylic oxidation sites excluding steroid dienone is 7. The predicted molar refractivity (Wildman–Crippen MR) is 245 cm³/mol. The summed E-state index contributed by atoms with van der Waals surface area (Å²) in [4.78, 5) is 0. The van der Waals surface area contributed by atoms with E-state index in [0.717, 1.165) is 18.3 Å². The first-order chi connectivity index (χ1) is 26.1. The van der Waals surface area contributed by atoms with E-state index in [2.05, 4.69) is 150 Å². The van der Waals surface area contributed by atoms with Crippen molar-refractivity contribution in [3.05, 3.63) is 156 Å². The molecule has 8 rings (SSSR count). The molecule has 0 amide bonds. The zero-order valence-electron chi connectivity index (χ0n) is 36.2. The first-order valence-electron chi connectivity index (χ1n) is 20.6. The average molecular weight is 721 g/mol. The van der Waals surface area contributed by atoms with Gasteiger partial charge in [0.05, 0.1) is 0 Å². The lowest BCUT2D eigenvalue weighted by atomic mass is 9.70. The minimum absolute atomic E-state index is 0.408. The molecule has 2 atom stereocenters. The molecule has 0 aromatic heterocycles. The topological polar surface area (TPSA) is 0 Å². The molecule has 55 heavy (non-hydrogen) atoms. The lowest BCUT2D eigenvalue weighted by Gasteiger charge is -2.33. The molecule has 0 fully saturated rings. The zero-order chi connectivity index (χ0) is 40.0. The summed E-state index contributed by atoms with van der Waals surface area (Å²) in [5.74, 6) is 1.02. The SMILES string of the molecule is CC.CC1=CC(C)CC(C)=C1C1=CCC2C=Cc3c(-c4c(C)cc(C)cc4C)cc(-c4c(C)cc(C)cc4C)c4ccc1c2c34.[B]c1cc(C)c(C)c(C)c1. The smallest absolute Gasteiger partial charge is 0.0961 e. The van der Waals surface area contributed by atoms with Gasteiger partial charge in [0.15, 0.2) is 0 Å². The van der Waals surface area contributed by atoms with Crippen molar-refractivity contribution < 1.29 is 0 Å². The number of rotatable bonds is 3. The minimum atomic E-state index is 0.408. The average Bonchev–Trinajstić information content (AvgIpc) is 3.10. The molecular formula is C54H61B. The fraction of sp³-hybridized carbons (Fsp3) is 0.333. The highest BCUT2D eigenvalue weighted by atomic mass is 14.3. The molecule has 1 heteroatoms. The molecule has 0 saturated heterocycles. The summed E-state index contributed by atoms with van der Waals surface area (Å²) >= 11 is 0. The van der Waals surface area contributed by atoms with Gasteiger partial charge in [-0.05, 0) is 206 Å². The summed E-state index contributed by atoms with van der Waals surface area (Å²) in [5, 5.41) is 2.85. The Kier molecular flexibility index (Phi) is 11.6. The molecular weight excluding hydrogens is 659 g/mol. The van der Waals surface area contributed by atoms with Crippen LogP contribution in [0.1, 0.15) is 120 Å². The molecule has 0 nitrogen and oxygen atoms in total. The zero-order valence-corrected chi connectivity index (χ0v) is 36.2. The summed E-state index contributed by atoms with van der Waals surface area (Å²) in [6.45, 7) is 30.9. The summed E-state index contributed by atoms with van der Waals surface area (Å²) in [6.07, 6.45) is 12.2. The van der Waals surface area contributed by atoms with Gasteiger partial charge in [0.2, 0.25) is 0 Å². The molecule has 0 N–H and O–H groups in total. The van der Waals surface area contributed by atoms with Gasteiger partial charge in [0, 0.05) is 5.92 Å². The van der Waals surface area contributed by atoms with Crippen LogP contribution in [-0.2, 0) is 0 Å². The Hall–Kier alpha value is -4.62. The molecule has 0 spiro atoms. The summed E-state index contributed by atoms with van der Waals surface area (Å²) in [7, 11) is 5.63. The molecule has 2 radical (unpaired) electrons.